The predicted octanol–water partition coefficient (Wildman–Crippen LogP) is -0.586. The van der Waals surface area contributed by atoms with E-state index in [4.69, 9.17) is 5.73 Å². The number of hydrogen-bond donors (Lipinski definition) is 3. The third-order valence-electron chi connectivity index (χ3n) is 2.52. The second kappa shape index (κ2) is 3.75. The highest BCUT2D eigenvalue weighted by molar-refractivity contribution is 5.90. The van der Waals surface area contributed by atoms with Crippen molar-refractivity contribution >= 4 is 5.91 Å². The average molecular weight is 195 g/mol. The Morgan fingerprint density at radius 1 is 1.64 bits per heavy atom. The van der Waals surface area contributed by atoms with Gasteiger partial charge in [0.15, 0.2) is 0 Å². The van der Waals surface area contributed by atoms with E-state index in [1.54, 1.807) is 0 Å². The van der Waals surface area contributed by atoms with Crippen molar-refractivity contribution in [2.45, 2.75) is 31.3 Å². The summed E-state index contributed by atoms with van der Waals surface area (Å²) in [6.07, 6.45) is 4.30. The molecule has 0 aromatic carbocycles. The van der Waals surface area contributed by atoms with Crippen LogP contribution in [0.5, 0.6) is 0 Å². The molecule has 0 spiro atoms. The lowest BCUT2D eigenvalue weighted by molar-refractivity contribution is 0.0924. The Bertz CT molecular complexity index is 310. The topological polar surface area (TPSA) is 96.7 Å². The van der Waals surface area contributed by atoms with Crippen molar-refractivity contribution in [3.05, 3.63) is 12.2 Å². The van der Waals surface area contributed by atoms with Gasteiger partial charge in [0.2, 0.25) is 5.82 Å². The van der Waals surface area contributed by atoms with Crippen molar-refractivity contribution in [2.24, 2.45) is 5.73 Å². The Balaban J connectivity index is 1.95. The van der Waals surface area contributed by atoms with E-state index < -0.39 is 0 Å². The van der Waals surface area contributed by atoms with Gasteiger partial charge in [-0.05, 0) is 19.3 Å². The van der Waals surface area contributed by atoms with Gasteiger partial charge in [0, 0.05) is 12.1 Å². The number of H-pyrrole nitrogens is 1. The smallest absolute Gasteiger partial charge is 0.288 e. The third kappa shape index (κ3) is 1.74. The summed E-state index contributed by atoms with van der Waals surface area (Å²) >= 11 is 0. The zero-order valence-corrected chi connectivity index (χ0v) is 7.73. The summed E-state index contributed by atoms with van der Waals surface area (Å²) in [7, 11) is 0. The van der Waals surface area contributed by atoms with Gasteiger partial charge in [-0.1, -0.05) is 0 Å². The van der Waals surface area contributed by atoms with Gasteiger partial charge in [-0.25, -0.2) is 4.98 Å². The van der Waals surface area contributed by atoms with E-state index >= 15 is 0 Å². The molecule has 0 saturated heterocycles. The summed E-state index contributed by atoms with van der Waals surface area (Å²) in [5, 5.41) is 8.95. The van der Waals surface area contributed by atoms with Crippen molar-refractivity contribution < 1.29 is 4.79 Å². The number of aromatic nitrogens is 3. The van der Waals surface area contributed by atoms with Crippen LogP contribution in [0.3, 0.4) is 0 Å². The number of hydrogen-bond acceptors (Lipinski definition) is 4. The molecule has 0 bridgehead atoms. The van der Waals surface area contributed by atoms with E-state index in [0.717, 1.165) is 19.3 Å². The number of nitrogens with two attached hydrogens (primary N) is 1. The Morgan fingerprint density at radius 3 is 3.07 bits per heavy atom. The molecule has 0 aliphatic heterocycles. The van der Waals surface area contributed by atoms with Gasteiger partial charge in [-0.15, -0.1) is 0 Å². The molecule has 1 aromatic rings. The number of nitrogens with one attached hydrogen (secondary N) is 2. The Labute approximate surface area is 81.3 Å². The summed E-state index contributed by atoms with van der Waals surface area (Å²) in [6.45, 7) is 0. The van der Waals surface area contributed by atoms with Crippen LogP contribution in [0.2, 0.25) is 0 Å². The standard InChI is InChI=1S/C8H13N5O/c9-5-2-1-3-6(5)12-8(14)7-10-4-11-13-7/h4-6H,1-3,9H2,(H,12,14)(H,10,11,13). The van der Waals surface area contributed by atoms with Crippen LogP contribution in [0.1, 0.15) is 29.9 Å². The van der Waals surface area contributed by atoms with Crippen molar-refractivity contribution in [1.29, 1.82) is 0 Å². The zero-order chi connectivity index (χ0) is 9.97. The predicted molar refractivity (Wildman–Crippen MR) is 49.5 cm³/mol. The first-order valence-electron chi connectivity index (χ1n) is 4.69. The van der Waals surface area contributed by atoms with E-state index in [2.05, 4.69) is 20.5 Å². The van der Waals surface area contributed by atoms with E-state index in [0.29, 0.717) is 0 Å². The van der Waals surface area contributed by atoms with Crippen molar-refractivity contribution in [3.63, 3.8) is 0 Å². The van der Waals surface area contributed by atoms with Gasteiger partial charge in [0.1, 0.15) is 6.33 Å². The molecule has 1 heterocycles. The SMILES string of the molecule is NC1CCCC1NC(=O)c1ncn[nH]1. The second-order valence-electron chi connectivity index (χ2n) is 3.51. The molecular formula is C8H13N5O. The highest BCUT2D eigenvalue weighted by atomic mass is 16.2. The lowest BCUT2D eigenvalue weighted by Gasteiger charge is -2.15. The molecule has 14 heavy (non-hydrogen) atoms. The fourth-order valence-corrected chi connectivity index (χ4v) is 1.72. The van der Waals surface area contributed by atoms with Gasteiger partial charge in [-0.2, -0.15) is 5.10 Å². The van der Waals surface area contributed by atoms with E-state index in [1.807, 2.05) is 0 Å². The van der Waals surface area contributed by atoms with E-state index in [-0.39, 0.29) is 23.8 Å². The van der Waals surface area contributed by atoms with Gasteiger partial charge >= 0.3 is 0 Å². The lowest BCUT2D eigenvalue weighted by atomic mass is 10.2. The number of aromatic amines is 1. The molecule has 1 aliphatic rings. The summed E-state index contributed by atoms with van der Waals surface area (Å²) in [5.41, 5.74) is 5.82. The van der Waals surface area contributed by atoms with Gasteiger partial charge < -0.3 is 11.1 Å². The molecule has 0 radical (unpaired) electrons. The second-order valence-corrected chi connectivity index (χ2v) is 3.51. The van der Waals surface area contributed by atoms with E-state index in [1.165, 1.54) is 6.33 Å². The summed E-state index contributed by atoms with van der Waals surface area (Å²) in [4.78, 5) is 15.3. The molecule has 2 rings (SSSR count). The number of carbonyl (C=O) groups excluding carboxylic acids is 1. The highest BCUT2D eigenvalue weighted by Gasteiger charge is 2.26. The zero-order valence-electron chi connectivity index (χ0n) is 7.73. The minimum atomic E-state index is -0.232. The minimum absolute atomic E-state index is 0.0712. The molecule has 1 aromatic heterocycles. The number of amides is 1. The van der Waals surface area contributed by atoms with Crippen LogP contribution in [0, 0.1) is 0 Å². The quantitative estimate of drug-likeness (QED) is 0.587. The average Bonchev–Trinajstić information content (AvgIpc) is 2.77. The minimum Gasteiger partial charge on any atom is -0.345 e. The molecule has 76 valence electrons. The first kappa shape index (κ1) is 9.14. The highest BCUT2D eigenvalue weighted by Crippen LogP contribution is 2.17. The van der Waals surface area contributed by atoms with Crippen LogP contribution in [0.4, 0.5) is 0 Å². The summed E-state index contributed by atoms with van der Waals surface area (Å²) < 4.78 is 0. The van der Waals surface area contributed by atoms with Crippen LogP contribution in [0.25, 0.3) is 0 Å². The van der Waals surface area contributed by atoms with Crippen molar-refractivity contribution in [3.8, 4) is 0 Å². The van der Waals surface area contributed by atoms with E-state index in [9.17, 15) is 4.79 Å². The molecule has 4 N–H and O–H groups in total. The van der Waals surface area contributed by atoms with Crippen LogP contribution < -0.4 is 11.1 Å². The van der Waals surface area contributed by atoms with Crippen molar-refractivity contribution in [2.75, 3.05) is 0 Å². The Hall–Kier alpha value is -1.43. The summed E-state index contributed by atoms with van der Waals surface area (Å²) in [6, 6.07) is 0.148. The number of carbonyl (C=O) groups is 1. The monoisotopic (exact) mass is 195 g/mol. The maximum Gasteiger partial charge on any atom is 0.288 e. The van der Waals surface area contributed by atoms with Crippen LogP contribution >= 0.6 is 0 Å². The molecule has 6 heteroatoms. The van der Waals surface area contributed by atoms with Gasteiger partial charge in [-0.3, -0.25) is 9.89 Å². The maximum atomic E-state index is 11.5. The normalized spacial score (nSPS) is 26.4. The molecular weight excluding hydrogens is 182 g/mol. The van der Waals surface area contributed by atoms with Crippen molar-refractivity contribution in [1.82, 2.24) is 20.5 Å². The fourth-order valence-electron chi connectivity index (χ4n) is 1.72. The first-order chi connectivity index (χ1) is 6.77. The number of rotatable bonds is 2. The summed E-state index contributed by atoms with van der Waals surface area (Å²) in [5.74, 6) is 0.00829. The number of nitrogens with zero attached hydrogens (tertiary/aromatic N) is 2. The molecule has 1 amide bonds. The molecule has 1 aliphatic carbocycles. The van der Waals surface area contributed by atoms with Gasteiger partial charge in [0.25, 0.3) is 5.91 Å². The molecule has 1 saturated carbocycles. The Morgan fingerprint density at radius 2 is 2.50 bits per heavy atom. The first-order valence-corrected chi connectivity index (χ1v) is 4.69. The van der Waals surface area contributed by atoms with Crippen LogP contribution in [-0.4, -0.2) is 33.2 Å². The van der Waals surface area contributed by atoms with Crippen LogP contribution in [-0.2, 0) is 0 Å². The molecule has 1 fully saturated rings. The fraction of sp³-hybridized carbons (Fsp3) is 0.625. The Kier molecular flexibility index (Phi) is 2.45. The molecule has 6 nitrogen and oxygen atoms in total. The largest absolute Gasteiger partial charge is 0.345 e. The third-order valence-corrected chi connectivity index (χ3v) is 2.52. The maximum absolute atomic E-state index is 11.5. The van der Waals surface area contributed by atoms with Crippen LogP contribution in [0.15, 0.2) is 6.33 Å². The molecule has 2 atom stereocenters. The molecule has 2 unspecified atom stereocenters. The lowest BCUT2D eigenvalue weighted by Crippen LogP contribution is -2.44. The van der Waals surface area contributed by atoms with Gasteiger partial charge in [0.05, 0.1) is 0 Å².